The molecular weight excluding hydrogens is 593 g/mol. The summed E-state index contributed by atoms with van der Waals surface area (Å²) in [7, 11) is 0. The summed E-state index contributed by atoms with van der Waals surface area (Å²) in [5.41, 5.74) is 2.95. The molecule has 218 valence electrons. The normalized spacial score (nSPS) is 21.5. The van der Waals surface area contributed by atoms with E-state index in [9.17, 15) is 19.8 Å². The molecule has 4 aromatic carbocycles. The summed E-state index contributed by atoms with van der Waals surface area (Å²) in [6, 6.07) is 28.9. The number of hydrogen-bond donors (Lipinski definition) is 2. The monoisotopic (exact) mass is 618 g/mol. The lowest BCUT2D eigenvalue weighted by Crippen LogP contribution is -2.57. The number of para-hydroxylation sites is 4. The van der Waals surface area contributed by atoms with E-state index in [1.54, 1.807) is 34.1 Å². The Balaban J connectivity index is 1.11. The fourth-order valence-electron chi connectivity index (χ4n) is 6.56. The lowest BCUT2D eigenvalue weighted by atomic mass is 9.74. The Bertz CT molecular complexity index is 1860. The van der Waals surface area contributed by atoms with Crippen molar-refractivity contribution < 1.29 is 19.8 Å². The van der Waals surface area contributed by atoms with Crippen LogP contribution in [0.2, 0.25) is 0 Å². The first kappa shape index (κ1) is 26.8. The maximum atomic E-state index is 13.8. The molecule has 2 saturated heterocycles. The van der Waals surface area contributed by atoms with E-state index in [0.29, 0.717) is 34.2 Å². The molecule has 2 aliphatic heterocycles. The van der Waals surface area contributed by atoms with Gasteiger partial charge in [-0.05, 0) is 49.2 Å². The summed E-state index contributed by atoms with van der Waals surface area (Å²) >= 11 is 2.90. The Morgan fingerprint density at radius 3 is 1.36 bits per heavy atom. The van der Waals surface area contributed by atoms with Gasteiger partial charge in [0.25, 0.3) is 0 Å². The summed E-state index contributed by atoms with van der Waals surface area (Å²) in [4.78, 5) is 40.4. The Kier molecular flexibility index (Phi) is 6.35. The van der Waals surface area contributed by atoms with Gasteiger partial charge in [-0.15, -0.1) is 0 Å². The molecule has 0 aliphatic carbocycles. The number of carbonyl (C=O) groups excluding carboxylic acids is 2. The number of hydrogen-bond acceptors (Lipinski definition) is 8. The quantitative estimate of drug-likeness (QED) is 0.183. The van der Waals surface area contributed by atoms with Crippen LogP contribution in [0.5, 0.6) is 11.5 Å². The molecule has 2 aromatic heterocycles. The number of aromatic hydroxyl groups is 2. The van der Waals surface area contributed by atoms with Crippen LogP contribution in [0.25, 0.3) is 20.4 Å². The molecule has 0 radical (unpaired) electrons. The molecule has 44 heavy (non-hydrogen) atoms. The van der Waals surface area contributed by atoms with Crippen LogP contribution in [0.15, 0.2) is 97.1 Å². The summed E-state index contributed by atoms with van der Waals surface area (Å²) in [6.07, 6.45) is 0.876. The number of carbonyl (C=O) groups is 2. The van der Waals surface area contributed by atoms with E-state index in [1.165, 1.54) is 22.7 Å². The third kappa shape index (κ3) is 4.16. The van der Waals surface area contributed by atoms with Crippen LogP contribution in [0, 0.1) is 11.8 Å². The van der Waals surface area contributed by atoms with Gasteiger partial charge in [0.1, 0.15) is 11.5 Å². The number of aromatic nitrogens is 2. The fraction of sp³-hybridized carbons (Fsp3) is 0.176. The number of benzene rings is 4. The number of nitrogens with zero attached hydrogens (tertiary/aromatic N) is 4. The predicted octanol–water partition coefficient (Wildman–Crippen LogP) is 7.21. The number of thiazole rings is 2. The lowest BCUT2D eigenvalue weighted by molar-refractivity contribution is -0.134. The minimum Gasteiger partial charge on any atom is -0.508 e. The van der Waals surface area contributed by atoms with Crippen LogP contribution in [0.4, 0.5) is 10.3 Å². The van der Waals surface area contributed by atoms with Gasteiger partial charge in [0, 0.05) is 11.1 Å². The number of amides is 2. The van der Waals surface area contributed by atoms with Gasteiger partial charge in [-0.1, -0.05) is 83.3 Å². The Hall–Kier alpha value is -4.80. The molecule has 8 nitrogen and oxygen atoms in total. The van der Waals surface area contributed by atoms with E-state index in [1.807, 2.05) is 72.8 Å². The first-order valence-electron chi connectivity index (χ1n) is 14.4. The number of anilines is 2. The largest absolute Gasteiger partial charge is 0.508 e. The molecule has 8 rings (SSSR count). The van der Waals surface area contributed by atoms with Gasteiger partial charge in [-0.2, -0.15) is 0 Å². The van der Waals surface area contributed by atoms with E-state index in [4.69, 9.17) is 9.97 Å². The maximum Gasteiger partial charge on any atom is 0.234 e. The molecule has 4 heterocycles. The molecule has 6 aromatic rings. The molecule has 4 unspecified atom stereocenters. The first-order chi connectivity index (χ1) is 21.5. The molecule has 0 saturated carbocycles. The van der Waals surface area contributed by atoms with E-state index in [2.05, 4.69) is 0 Å². The van der Waals surface area contributed by atoms with Crippen molar-refractivity contribution in [3.63, 3.8) is 0 Å². The summed E-state index contributed by atoms with van der Waals surface area (Å²) in [6.45, 7) is 0. The van der Waals surface area contributed by atoms with Crippen molar-refractivity contribution in [2.24, 2.45) is 11.8 Å². The van der Waals surface area contributed by atoms with Crippen molar-refractivity contribution in [1.82, 2.24) is 9.97 Å². The van der Waals surface area contributed by atoms with Crippen molar-refractivity contribution in [1.29, 1.82) is 0 Å². The maximum absolute atomic E-state index is 13.8. The molecule has 2 fully saturated rings. The molecule has 0 bridgehead atoms. The fourth-order valence-corrected chi connectivity index (χ4v) is 8.57. The van der Waals surface area contributed by atoms with Crippen LogP contribution in [-0.2, 0) is 9.59 Å². The van der Waals surface area contributed by atoms with Crippen molar-refractivity contribution in [2.45, 2.75) is 24.9 Å². The minimum atomic E-state index is -0.440. The molecule has 2 amide bonds. The molecule has 4 atom stereocenters. The molecule has 0 spiro atoms. The zero-order valence-corrected chi connectivity index (χ0v) is 24.9. The van der Waals surface area contributed by atoms with Crippen LogP contribution >= 0.6 is 22.7 Å². The standard InChI is InChI=1S/C34H26N4O4S2/c39-25-13-5-1-9-19(25)29-21(31(41)37(29)33-35-23-11-3-7-15-27(23)43-33)17-18-22-30(20-10-2-6-14-26(20)40)38(32(22)42)34-36-24-12-4-8-16-28(24)44-34/h1-16,21-22,29-30,39-40H,17-18H2. The lowest BCUT2D eigenvalue weighted by Gasteiger charge is -2.49. The van der Waals surface area contributed by atoms with E-state index >= 15 is 0 Å². The second-order valence-electron chi connectivity index (χ2n) is 11.1. The SMILES string of the molecule is O=C1C(CCC2C(=O)N(c3nc4ccccc4s3)C2c2ccccc2O)C(c2ccccc2O)N1c1nc2ccccc2s1. The number of rotatable bonds is 7. The van der Waals surface area contributed by atoms with Crippen LogP contribution in [-0.4, -0.2) is 32.0 Å². The van der Waals surface area contributed by atoms with E-state index in [-0.39, 0.29) is 23.3 Å². The Labute approximate surface area is 260 Å². The van der Waals surface area contributed by atoms with Crippen LogP contribution in [0.3, 0.4) is 0 Å². The van der Waals surface area contributed by atoms with Crippen molar-refractivity contribution in [3.05, 3.63) is 108 Å². The number of β-lactam (4-membered cyclic amide) rings is 2. The highest BCUT2D eigenvalue weighted by Crippen LogP contribution is 2.53. The zero-order valence-electron chi connectivity index (χ0n) is 23.3. The number of phenols is 2. The first-order valence-corrected chi connectivity index (χ1v) is 16.1. The second kappa shape index (κ2) is 10.4. The molecule has 2 N–H and O–H groups in total. The highest BCUT2D eigenvalue weighted by atomic mass is 32.1. The molecule has 2 aliphatic rings. The van der Waals surface area contributed by atoms with Gasteiger partial charge in [-0.3, -0.25) is 19.4 Å². The summed E-state index contributed by atoms with van der Waals surface area (Å²) in [5.74, 6) is -0.795. The second-order valence-corrected chi connectivity index (χ2v) is 13.2. The highest BCUT2D eigenvalue weighted by molar-refractivity contribution is 7.22. The van der Waals surface area contributed by atoms with E-state index in [0.717, 1.165) is 20.4 Å². The smallest absolute Gasteiger partial charge is 0.234 e. The van der Waals surface area contributed by atoms with Gasteiger partial charge < -0.3 is 10.2 Å². The third-order valence-corrected chi connectivity index (χ3v) is 10.8. The van der Waals surface area contributed by atoms with Gasteiger partial charge >= 0.3 is 0 Å². The van der Waals surface area contributed by atoms with Crippen molar-refractivity contribution in [2.75, 3.05) is 9.80 Å². The van der Waals surface area contributed by atoms with Gasteiger partial charge in [0.15, 0.2) is 10.3 Å². The minimum absolute atomic E-state index is 0.0776. The zero-order chi connectivity index (χ0) is 29.9. The number of phenolic OH excluding ortho intramolecular Hbond substituents is 2. The predicted molar refractivity (Wildman–Crippen MR) is 172 cm³/mol. The van der Waals surface area contributed by atoms with E-state index < -0.39 is 23.9 Å². The number of fused-ring (bicyclic) bond motifs is 2. The van der Waals surface area contributed by atoms with Crippen molar-refractivity contribution in [3.8, 4) is 11.5 Å². The topological polar surface area (TPSA) is 107 Å². The Morgan fingerprint density at radius 1 is 0.568 bits per heavy atom. The molecule has 10 heteroatoms. The summed E-state index contributed by atoms with van der Waals surface area (Å²) in [5, 5.41) is 22.8. The third-order valence-electron chi connectivity index (χ3n) is 8.70. The highest BCUT2D eigenvalue weighted by Gasteiger charge is 2.54. The van der Waals surface area contributed by atoms with Crippen LogP contribution in [0.1, 0.15) is 36.1 Å². The molecular formula is C34H26N4O4S2. The average Bonchev–Trinajstić information content (AvgIpc) is 3.65. The van der Waals surface area contributed by atoms with Gasteiger partial charge in [0.05, 0.1) is 44.4 Å². The average molecular weight is 619 g/mol. The van der Waals surface area contributed by atoms with Gasteiger partial charge in [0.2, 0.25) is 11.8 Å². The van der Waals surface area contributed by atoms with Crippen LogP contribution < -0.4 is 9.80 Å². The Morgan fingerprint density at radius 2 is 0.955 bits per heavy atom. The van der Waals surface area contributed by atoms with Gasteiger partial charge in [-0.25, -0.2) is 9.97 Å². The summed E-state index contributed by atoms with van der Waals surface area (Å²) < 4.78 is 1.96. The van der Waals surface area contributed by atoms with Crippen molar-refractivity contribution >= 4 is 65.2 Å².